The van der Waals surface area contributed by atoms with Gasteiger partial charge in [0.05, 0.1) is 12.1 Å². The highest BCUT2D eigenvalue weighted by atomic mass is 19.2. The molecule has 0 radical (unpaired) electrons. The third-order valence-electron chi connectivity index (χ3n) is 3.83. The number of anilines is 1. The number of nitrogens with one attached hydrogen (secondary N) is 1. The number of nitrogens with zero attached hydrogens (tertiary/aromatic N) is 1. The van der Waals surface area contributed by atoms with E-state index in [0.29, 0.717) is 0 Å². The third-order valence-corrected chi connectivity index (χ3v) is 3.83. The van der Waals surface area contributed by atoms with E-state index in [1.807, 2.05) is 31.2 Å². The molecule has 0 aromatic heterocycles. The molecule has 2 rings (SSSR count). The molecular formula is C19H19F3N2O2. The minimum absolute atomic E-state index is 0.0444. The van der Waals surface area contributed by atoms with Gasteiger partial charge in [-0.1, -0.05) is 29.8 Å². The summed E-state index contributed by atoms with van der Waals surface area (Å²) in [6.07, 6.45) is 0.167. The molecule has 0 fully saturated rings. The minimum Gasteiger partial charge on any atom is -0.354 e. The molecule has 0 bridgehead atoms. The highest BCUT2D eigenvalue weighted by molar-refractivity contribution is 5.91. The SMILES string of the molecule is CC(=O)N(CCNC(=O)Cc1ccc(C)cc1)c1ccc(F)c(F)c1F. The van der Waals surface area contributed by atoms with Crippen LogP contribution in [-0.4, -0.2) is 24.9 Å². The number of benzene rings is 2. The number of rotatable bonds is 6. The van der Waals surface area contributed by atoms with E-state index in [9.17, 15) is 22.8 Å². The van der Waals surface area contributed by atoms with Gasteiger partial charge in [0.15, 0.2) is 17.5 Å². The van der Waals surface area contributed by atoms with E-state index in [1.165, 1.54) is 6.92 Å². The Bertz CT molecular complexity index is 807. The van der Waals surface area contributed by atoms with Gasteiger partial charge in [-0.3, -0.25) is 9.59 Å². The lowest BCUT2D eigenvalue weighted by Gasteiger charge is -2.22. The summed E-state index contributed by atoms with van der Waals surface area (Å²) in [5.41, 5.74) is 1.55. The zero-order valence-electron chi connectivity index (χ0n) is 14.5. The van der Waals surface area contributed by atoms with Gasteiger partial charge in [-0.15, -0.1) is 0 Å². The maximum atomic E-state index is 13.9. The first-order valence-electron chi connectivity index (χ1n) is 8.03. The maximum Gasteiger partial charge on any atom is 0.224 e. The van der Waals surface area contributed by atoms with Crippen LogP contribution in [0.15, 0.2) is 36.4 Å². The predicted octanol–water partition coefficient (Wildman–Crippen LogP) is 3.12. The van der Waals surface area contributed by atoms with Crippen molar-refractivity contribution in [2.24, 2.45) is 0 Å². The van der Waals surface area contributed by atoms with Gasteiger partial charge in [-0.25, -0.2) is 13.2 Å². The number of hydrogen-bond donors (Lipinski definition) is 1. The molecule has 2 aromatic carbocycles. The number of carbonyl (C=O) groups is 2. The number of carbonyl (C=O) groups excluding carboxylic acids is 2. The van der Waals surface area contributed by atoms with Crippen molar-refractivity contribution in [3.05, 3.63) is 65.0 Å². The van der Waals surface area contributed by atoms with Gasteiger partial charge in [0.25, 0.3) is 0 Å². The summed E-state index contributed by atoms with van der Waals surface area (Å²) in [4.78, 5) is 24.6. The summed E-state index contributed by atoms with van der Waals surface area (Å²) in [7, 11) is 0. The van der Waals surface area contributed by atoms with Crippen LogP contribution in [0.4, 0.5) is 18.9 Å². The van der Waals surface area contributed by atoms with E-state index < -0.39 is 23.4 Å². The van der Waals surface area contributed by atoms with Gasteiger partial charge in [0.2, 0.25) is 11.8 Å². The van der Waals surface area contributed by atoms with Crippen molar-refractivity contribution in [3.63, 3.8) is 0 Å². The fraction of sp³-hybridized carbons (Fsp3) is 0.263. The van der Waals surface area contributed by atoms with Crippen molar-refractivity contribution in [1.82, 2.24) is 5.32 Å². The Morgan fingerprint density at radius 3 is 2.27 bits per heavy atom. The topological polar surface area (TPSA) is 49.4 Å². The first-order chi connectivity index (χ1) is 12.3. The predicted molar refractivity (Wildman–Crippen MR) is 92.2 cm³/mol. The van der Waals surface area contributed by atoms with Crippen molar-refractivity contribution < 1.29 is 22.8 Å². The Kier molecular flexibility index (Phi) is 6.38. The molecule has 0 aliphatic heterocycles. The first kappa shape index (κ1) is 19.5. The smallest absolute Gasteiger partial charge is 0.224 e. The summed E-state index contributed by atoms with van der Waals surface area (Å²) in [5.74, 6) is -5.23. The quantitative estimate of drug-likeness (QED) is 0.801. The van der Waals surface area contributed by atoms with Crippen LogP contribution in [0.2, 0.25) is 0 Å². The van der Waals surface area contributed by atoms with Gasteiger partial charge >= 0.3 is 0 Å². The molecule has 2 aromatic rings. The summed E-state index contributed by atoms with van der Waals surface area (Å²) < 4.78 is 40.3. The van der Waals surface area contributed by atoms with Crippen LogP contribution in [0, 0.1) is 24.4 Å². The molecule has 0 saturated carbocycles. The molecule has 0 spiro atoms. The molecule has 4 nitrogen and oxygen atoms in total. The molecule has 0 heterocycles. The molecule has 7 heteroatoms. The second-order valence-corrected chi connectivity index (χ2v) is 5.88. The van der Waals surface area contributed by atoms with Crippen LogP contribution >= 0.6 is 0 Å². The van der Waals surface area contributed by atoms with Gasteiger partial charge < -0.3 is 10.2 Å². The van der Waals surface area contributed by atoms with Crippen LogP contribution in [-0.2, 0) is 16.0 Å². The zero-order chi connectivity index (χ0) is 19.3. The van der Waals surface area contributed by atoms with Crippen molar-refractivity contribution in [3.8, 4) is 0 Å². The largest absolute Gasteiger partial charge is 0.354 e. The highest BCUT2D eigenvalue weighted by Crippen LogP contribution is 2.23. The molecule has 0 unspecified atom stereocenters. The summed E-state index contributed by atoms with van der Waals surface area (Å²) >= 11 is 0. The molecule has 0 aliphatic rings. The van der Waals surface area contributed by atoms with Crippen molar-refractivity contribution in [2.75, 3.05) is 18.0 Å². The van der Waals surface area contributed by atoms with Crippen LogP contribution in [0.1, 0.15) is 18.1 Å². The van der Waals surface area contributed by atoms with Crippen molar-refractivity contribution in [2.45, 2.75) is 20.3 Å². The molecule has 0 aliphatic carbocycles. The molecular weight excluding hydrogens is 345 g/mol. The van der Waals surface area contributed by atoms with Gasteiger partial charge in [0, 0.05) is 20.0 Å². The number of aryl methyl sites for hydroxylation is 1. The lowest BCUT2D eigenvalue weighted by molar-refractivity contribution is -0.121. The average Bonchev–Trinajstić information content (AvgIpc) is 2.59. The maximum absolute atomic E-state index is 13.9. The summed E-state index contributed by atoms with van der Waals surface area (Å²) in [6.45, 7) is 3.09. The molecule has 26 heavy (non-hydrogen) atoms. The van der Waals surface area contributed by atoms with E-state index in [0.717, 1.165) is 28.2 Å². The molecule has 2 amide bonds. The van der Waals surface area contributed by atoms with E-state index in [1.54, 1.807) is 0 Å². The lowest BCUT2D eigenvalue weighted by Crippen LogP contribution is -2.38. The van der Waals surface area contributed by atoms with Crippen LogP contribution in [0.5, 0.6) is 0 Å². The molecule has 138 valence electrons. The third kappa shape index (κ3) is 4.84. The Labute approximate surface area is 149 Å². The first-order valence-corrected chi connectivity index (χ1v) is 8.03. The van der Waals surface area contributed by atoms with E-state index >= 15 is 0 Å². The zero-order valence-corrected chi connectivity index (χ0v) is 14.5. The van der Waals surface area contributed by atoms with Crippen molar-refractivity contribution in [1.29, 1.82) is 0 Å². The highest BCUT2D eigenvalue weighted by Gasteiger charge is 2.21. The van der Waals surface area contributed by atoms with E-state index in [4.69, 9.17) is 0 Å². The fourth-order valence-corrected chi connectivity index (χ4v) is 2.43. The molecule has 1 N–H and O–H groups in total. The lowest BCUT2D eigenvalue weighted by atomic mass is 10.1. The Hall–Kier alpha value is -2.83. The summed E-state index contributed by atoms with van der Waals surface area (Å²) in [5, 5.41) is 2.62. The van der Waals surface area contributed by atoms with E-state index in [-0.39, 0.29) is 31.1 Å². The van der Waals surface area contributed by atoms with Crippen LogP contribution < -0.4 is 10.2 Å². The monoisotopic (exact) mass is 364 g/mol. The van der Waals surface area contributed by atoms with Gasteiger partial charge in [-0.05, 0) is 24.6 Å². The molecule has 0 saturated heterocycles. The average molecular weight is 364 g/mol. The van der Waals surface area contributed by atoms with Crippen molar-refractivity contribution >= 4 is 17.5 Å². The normalized spacial score (nSPS) is 10.5. The van der Waals surface area contributed by atoms with Crippen LogP contribution in [0.25, 0.3) is 0 Å². The number of hydrogen-bond acceptors (Lipinski definition) is 2. The number of amides is 2. The van der Waals surface area contributed by atoms with Gasteiger partial charge in [-0.2, -0.15) is 0 Å². The van der Waals surface area contributed by atoms with Gasteiger partial charge in [0.1, 0.15) is 0 Å². The summed E-state index contributed by atoms with van der Waals surface area (Å²) in [6, 6.07) is 9.21. The standard InChI is InChI=1S/C19H19F3N2O2/c1-12-3-5-14(6-4-12)11-17(26)23-9-10-24(13(2)25)16-8-7-15(20)18(21)19(16)22/h3-8H,9-11H2,1-2H3,(H,23,26). The Morgan fingerprint density at radius 2 is 1.65 bits per heavy atom. The fourth-order valence-electron chi connectivity index (χ4n) is 2.43. The molecule has 0 atom stereocenters. The second kappa shape index (κ2) is 8.51. The minimum atomic E-state index is -1.64. The van der Waals surface area contributed by atoms with E-state index in [2.05, 4.69) is 5.32 Å². The Balaban J connectivity index is 1.97. The second-order valence-electron chi connectivity index (χ2n) is 5.88. The number of halogens is 3. The van der Waals surface area contributed by atoms with Crippen LogP contribution in [0.3, 0.4) is 0 Å². The Morgan fingerprint density at radius 1 is 1.00 bits per heavy atom.